The van der Waals surface area contributed by atoms with Gasteiger partial charge in [0, 0.05) is 10.4 Å². The highest BCUT2D eigenvalue weighted by atomic mass is 32.1. The van der Waals surface area contributed by atoms with E-state index in [0.717, 1.165) is 27.6 Å². The first-order valence-electron chi connectivity index (χ1n) is 9.98. The molecule has 2 heterocycles. The van der Waals surface area contributed by atoms with E-state index < -0.39 is 11.7 Å². The lowest BCUT2D eigenvalue weighted by atomic mass is 10.1. The summed E-state index contributed by atoms with van der Waals surface area (Å²) >= 11 is 1.32. The maximum atomic E-state index is 13.0. The van der Waals surface area contributed by atoms with Gasteiger partial charge in [0.25, 0.3) is 11.7 Å². The van der Waals surface area contributed by atoms with Crippen LogP contribution in [0, 0.1) is 20.8 Å². The molecule has 7 nitrogen and oxygen atoms in total. The van der Waals surface area contributed by atoms with Crippen molar-refractivity contribution < 1.29 is 14.3 Å². The topological polar surface area (TPSA) is 86.1 Å². The molecule has 0 aliphatic rings. The molecule has 0 saturated heterocycles. The SMILES string of the molecule is COc1ccc(-c2nc(NC(=O)C(=O)c3c(C)nn(-c4ccccc4)c3C)sc2C)cc1. The lowest BCUT2D eigenvalue weighted by molar-refractivity contribution is -0.112. The second kappa shape index (κ2) is 8.76. The lowest BCUT2D eigenvalue weighted by Gasteiger charge is -2.05. The number of thiazole rings is 1. The van der Waals surface area contributed by atoms with Crippen molar-refractivity contribution in [1.29, 1.82) is 0 Å². The Hall–Kier alpha value is -3.78. The predicted molar refractivity (Wildman–Crippen MR) is 125 cm³/mol. The van der Waals surface area contributed by atoms with E-state index in [1.54, 1.807) is 25.6 Å². The van der Waals surface area contributed by atoms with Crippen LogP contribution < -0.4 is 10.1 Å². The number of para-hydroxylation sites is 1. The predicted octanol–water partition coefficient (Wildman–Crippen LogP) is 4.75. The van der Waals surface area contributed by atoms with Gasteiger partial charge in [0.05, 0.1) is 35.4 Å². The van der Waals surface area contributed by atoms with Crippen molar-refractivity contribution in [1.82, 2.24) is 14.8 Å². The number of amides is 1. The van der Waals surface area contributed by atoms with Crippen LogP contribution in [-0.2, 0) is 4.79 Å². The lowest BCUT2D eigenvalue weighted by Crippen LogP contribution is -2.24. The van der Waals surface area contributed by atoms with Crippen LogP contribution in [0.25, 0.3) is 16.9 Å². The molecular weight excluding hydrogens is 424 g/mol. The van der Waals surface area contributed by atoms with Gasteiger partial charge < -0.3 is 4.74 Å². The fourth-order valence-electron chi connectivity index (χ4n) is 3.53. The van der Waals surface area contributed by atoms with Crippen molar-refractivity contribution in [2.45, 2.75) is 20.8 Å². The van der Waals surface area contributed by atoms with Gasteiger partial charge in [-0.2, -0.15) is 5.10 Å². The highest BCUT2D eigenvalue weighted by Crippen LogP contribution is 2.31. The summed E-state index contributed by atoms with van der Waals surface area (Å²) < 4.78 is 6.86. The normalized spacial score (nSPS) is 10.8. The fourth-order valence-corrected chi connectivity index (χ4v) is 4.36. The number of anilines is 1. The van der Waals surface area contributed by atoms with Gasteiger partial charge in [0.1, 0.15) is 5.75 Å². The Morgan fingerprint density at radius 1 is 1.00 bits per heavy atom. The monoisotopic (exact) mass is 446 g/mol. The smallest absolute Gasteiger partial charge is 0.298 e. The van der Waals surface area contributed by atoms with Gasteiger partial charge in [0.2, 0.25) is 0 Å². The minimum atomic E-state index is -0.737. The van der Waals surface area contributed by atoms with Crippen molar-refractivity contribution in [2.75, 3.05) is 12.4 Å². The number of nitrogens with zero attached hydrogens (tertiary/aromatic N) is 3. The number of carbonyl (C=O) groups excluding carboxylic acids is 2. The molecule has 4 aromatic rings. The zero-order chi connectivity index (χ0) is 22.8. The molecule has 0 spiro atoms. The van der Waals surface area contributed by atoms with Crippen LogP contribution in [0.5, 0.6) is 5.75 Å². The third-order valence-corrected chi connectivity index (χ3v) is 5.99. The molecule has 8 heteroatoms. The minimum Gasteiger partial charge on any atom is -0.497 e. The van der Waals surface area contributed by atoms with E-state index in [-0.39, 0.29) is 0 Å². The third kappa shape index (κ3) is 4.04. The van der Waals surface area contributed by atoms with Gasteiger partial charge in [-0.15, -0.1) is 11.3 Å². The maximum Gasteiger partial charge on any atom is 0.298 e. The molecule has 4 rings (SSSR count). The molecule has 0 saturated carbocycles. The first-order chi connectivity index (χ1) is 15.4. The summed E-state index contributed by atoms with van der Waals surface area (Å²) in [7, 11) is 1.61. The molecule has 0 atom stereocenters. The summed E-state index contributed by atoms with van der Waals surface area (Å²) in [6, 6.07) is 17.0. The molecule has 0 radical (unpaired) electrons. The van der Waals surface area contributed by atoms with E-state index >= 15 is 0 Å². The third-order valence-electron chi connectivity index (χ3n) is 5.11. The molecule has 0 bridgehead atoms. The van der Waals surface area contributed by atoms with Gasteiger partial charge in [-0.1, -0.05) is 18.2 Å². The van der Waals surface area contributed by atoms with Crippen LogP contribution in [0.3, 0.4) is 0 Å². The quantitative estimate of drug-likeness (QED) is 0.341. The Morgan fingerprint density at radius 3 is 2.34 bits per heavy atom. The largest absolute Gasteiger partial charge is 0.497 e. The van der Waals surface area contributed by atoms with Gasteiger partial charge in [-0.3, -0.25) is 14.9 Å². The molecule has 0 fully saturated rings. The number of benzene rings is 2. The number of aromatic nitrogens is 3. The molecule has 0 aliphatic heterocycles. The Bertz CT molecular complexity index is 1290. The molecule has 1 N–H and O–H groups in total. The number of ketones is 1. The van der Waals surface area contributed by atoms with Crippen LogP contribution >= 0.6 is 11.3 Å². The van der Waals surface area contributed by atoms with E-state index in [0.29, 0.717) is 22.1 Å². The molecule has 2 aromatic heterocycles. The Morgan fingerprint density at radius 2 is 1.69 bits per heavy atom. The summed E-state index contributed by atoms with van der Waals surface area (Å²) in [5.41, 5.74) is 3.90. The van der Waals surface area contributed by atoms with Crippen molar-refractivity contribution in [3.8, 4) is 22.7 Å². The number of hydrogen-bond donors (Lipinski definition) is 1. The number of Topliss-reactive ketones (excluding diaryl/α,β-unsaturated/α-hetero) is 1. The number of carbonyl (C=O) groups is 2. The highest BCUT2D eigenvalue weighted by Gasteiger charge is 2.26. The van der Waals surface area contributed by atoms with E-state index in [1.807, 2.05) is 61.5 Å². The number of methoxy groups -OCH3 is 1. The molecule has 32 heavy (non-hydrogen) atoms. The summed E-state index contributed by atoms with van der Waals surface area (Å²) in [4.78, 5) is 31.2. The number of hydrogen-bond acceptors (Lipinski definition) is 6. The van der Waals surface area contributed by atoms with Gasteiger partial charge in [-0.05, 0) is 57.2 Å². The van der Waals surface area contributed by atoms with E-state index in [1.165, 1.54) is 11.3 Å². The van der Waals surface area contributed by atoms with Crippen LogP contribution in [0.15, 0.2) is 54.6 Å². The Kier molecular flexibility index (Phi) is 5.87. The number of rotatable bonds is 6. The van der Waals surface area contributed by atoms with Crippen molar-refractivity contribution in [2.24, 2.45) is 0 Å². The molecular formula is C24H22N4O3S. The molecule has 162 valence electrons. The van der Waals surface area contributed by atoms with Crippen LogP contribution in [0.4, 0.5) is 5.13 Å². The van der Waals surface area contributed by atoms with E-state index in [2.05, 4.69) is 15.4 Å². The van der Waals surface area contributed by atoms with Gasteiger partial charge in [0.15, 0.2) is 5.13 Å². The standard InChI is InChI=1S/C24H22N4O3S/c1-14-20(15(2)28(27-14)18-8-6-5-7-9-18)22(29)23(30)26-24-25-21(16(3)32-24)17-10-12-19(31-4)13-11-17/h5-13H,1-4H3,(H,25,26,30). The minimum absolute atomic E-state index is 0.301. The average molecular weight is 447 g/mol. The van der Waals surface area contributed by atoms with Crippen LogP contribution in [0.1, 0.15) is 26.6 Å². The summed E-state index contributed by atoms with van der Waals surface area (Å²) in [6.07, 6.45) is 0. The van der Waals surface area contributed by atoms with Crippen LogP contribution in [0.2, 0.25) is 0 Å². The number of ether oxygens (including phenoxy) is 1. The van der Waals surface area contributed by atoms with E-state index in [4.69, 9.17) is 4.74 Å². The Labute approximate surface area is 189 Å². The first kappa shape index (κ1) is 21.5. The second-order valence-corrected chi connectivity index (χ2v) is 8.43. The molecule has 1 amide bonds. The zero-order valence-electron chi connectivity index (χ0n) is 18.2. The van der Waals surface area contributed by atoms with Crippen LogP contribution in [-0.4, -0.2) is 33.6 Å². The highest BCUT2D eigenvalue weighted by molar-refractivity contribution is 7.16. The number of aryl methyl sites for hydroxylation is 2. The van der Waals surface area contributed by atoms with E-state index in [9.17, 15) is 9.59 Å². The summed E-state index contributed by atoms with van der Waals surface area (Å²) in [5, 5.41) is 7.48. The van der Waals surface area contributed by atoms with Crippen molar-refractivity contribution in [3.05, 3.63) is 76.4 Å². The van der Waals surface area contributed by atoms with Gasteiger partial charge in [-0.25, -0.2) is 9.67 Å². The fraction of sp³-hybridized carbons (Fsp3) is 0.167. The molecule has 0 unspecified atom stereocenters. The van der Waals surface area contributed by atoms with Crippen molar-refractivity contribution >= 4 is 28.2 Å². The number of nitrogens with one attached hydrogen (secondary N) is 1. The van der Waals surface area contributed by atoms with Crippen molar-refractivity contribution in [3.63, 3.8) is 0 Å². The summed E-state index contributed by atoms with van der Waals surface area (Å²) in [5.74, 6) is -0.623. The maximum absolute atomic E-state index is 13.0. The summed E-state index contributed by atoms with van der Waals surface area (Å²) in [6.45, 7) is 5.43. The average Bonchev–Trinajstić information content (AvgIpc) is 3.32. The molecule has 0 aliphatic carbocycles. The Balaban J connectivity index is 1.56. The zero-order valence-corrected chi connectivity index (χ0v) is 19.0. The molecule has 2 aromatic carbocycles. The first-order valence-corrected chi connectivity index (χ1v) is 10.8. The second-order valence-electron chi connectivity index (χ2n) is 7.23. The van der Waals surface area contributed by atoms with Gasteiger partial charge >= 0.3 is 0 Å².